The van der Waals surface area contributed by atoms with Gasteiger partial charge in [0.15, 0.2) is 0 Å². The van der Waals surface area contributed by atoms with E-state index < -0.39 is 13.5 Å². The molecule has 0 aromatic rings. The summed E-state index contributed by atoms with van der Waals surface area (Å²) in [5.41, 5.74) is 0. The minimum Gasteiger partial charge on any atom is -0.746 e. The third-order valence-electron chi connectivity index (χ3n) is 0.976. The Kier molecular flexibility index (Phi) is 7.36. The van der Waals surface area contributed by atoms with Gasteiger partial charge in [-0.2, -0.15) is 0 Å². The second-order valence-corrected chi connectivity index (χ2v) is 6.04. The second kappa shape index (κ2) is 5.36. The van der Waals surface area contributed by atoms with Crippen molar-refractivity contribution >= 4 is 35.4 Å². The molecule has 0 aromatic heterocycles. The van der Waals surface area contributed by atoms with Gasteiger partial charge in [0.05, 0.1) is 0 Å². The van der Waals surface area contributed by atoms with Crippen LogP contribution in [0.4, 0.5) is 0 Å². The Balaban J connectivity index is 0. The largest absolute Gasteiger partial charge is 1.00 e. The molecular formula is C4H9NaO3S3. The summed E-state index contributed by atoms with van der Waals surface area (Å²) >= 11 is 7.22. The molecule has 0 atom stereocenters. The molecule has 62 valence electrons. The summed E-state index contributed by atoms with van der Waals surface area (Å²) in [6.07, 6.45) is 0.722. The smallest absolute Gasteiger partial charge is 0.746 e. The molecule has 0 aliphatic rings. The van der Waals surface area contributed by atoms with Crippen LogP contribution in [0.5, 0.6) is 0 Å². The summed E-state index contributed by atoms with van der Waals surface area (Å²) in [4.78, 5) is 0. The topological polar surface area (TPSA) is 57.2 Å². The molecule has 0 radical (unpaired) electrons. The van der Waals surface area contributed by atoms with Crippen LogP contribution >= 0.6 is 25.3 Å². The first-order valence-corrected chi connectivity index (χ1v) is 5.01. The zero-order valence-electron chi connectivity index (χ0n) is 6.44. The van der Waals surface area contributed by atoms with E-state index in [9.17, 15) is 13.0 Å². The van der Waals surface area contributed by atoms with Gasteiger partial charge in [0.2, 0.25) is 0 Å². The van der Waals surface area contributed by atoms with Crippen LogP contribution < -0.4 is 29.6 Å². The van der Waals surface area contributed by atoms with Crippen LogP contribution in [-0.4, -0.2) is 16.4 Å². The maximum absolute atomic E-state index is 10.3. The van der Waals surface area contributed by atoms with E-state index in [0.717, 1.165) is 0 Å². The van der Waals surface area contributed by atoms with E-state index in [1.54, 1.807) is 6.92 Å². The molecule has 0 spiro atoms. The van der Waals surface area contributed by atoms with E-state index in [4.69, 9.17) is 0 Å². The van der Waals surface area contributed by atoms with Crippen molar-refractivity contribution in [3.8, 4) is 0 Å². The SMILES string of the molecule is CCCC(S)(S)S(=O)(=O)[O-].[Na+]. The van der Waals surface area contributed by atoms with E-state index in [0.29, 0.717) is 6.42 Å². The molecule has 0 heterocycles. The summed E-state index contributed by atoms with van der Waals surface area (Å²) in [6, 6.07) is 0. The molecule has 0 fully saturated rings. The number of hydrogen-bond donors (Lipinski definition) is 2. The Bertz CT molecular complexity index is 199. The molecule has 3 nitrogen and oxygen atoms in total. The normalized spacial score (nSPS) is 12.4. The third-order valence-corrected chi connectivity index (χ3v) is 3.77. The van der Waals surface area contributed by atoms with Crippen LogP contribution in [0.15, 0.2) is 0 Å². The van der Waals surface area contributed by atoms with Gasteiger partial charge in [0, 0.05) is 0 Å². The van der Waals surface area contributed by atoms with E-state index in [1.165, 1.54) is 0 Å². The number of rotatable bonds is 3. The fraction of sp³-hybridized carbons (Fsp3) is 1.00. The van der Waals surface area contributed by atoms with Crippen LogP contribution in [0, 0.1) is 0 Å². The van der Waals surface area contributed by atoms with Gasteiger partial charge in [-0.15, -0.1) is 25.3 Å². The third kappa shape index (κ3) is 5.02. The fourth-order valence-corrected chi connectivity index (χ4v) is 1.35. The Labute approximate surface area is 100 Å². The summed E-state index contributed by atoms with van der Waals surface area (Å²) in [5, 5.41) is 0. The van der Waals surface area contributed by atoms with E-state index in [1.807, 2.05) is 0 Å². The number of thiol groups is 2. The summed E-state index contributed by atoms with van der Waals surface area (Å²) in [6.45, 7) is 1.76. The van der Waals surface area contributed by atoms with Crippen molar-refractivity contribution in [1.29, 1.82) is 0 Å². The first-order valence-electron chi connectivity index (χ1n) is 2.71. The Morgan fingerprint density at radius 2 is 1.82 bits per heavy atom. The second-order valence-electron chi connectivity index (χ2n) is 1.95. The quantitative estimate of drug-likeness (QED) is 0.249. The molecule has 0 N–H and O–H groups in total. The van der Waals surface area contributed by atoms with Crippen LogP contribution in [0.1, 0.15) is 19.8 Å². The van der Waals surface area contributed by atoms with Crippen LogP contribution in [0.2, 0.25) is 0 Å². The van der Waals surface area contributed by atoms with Crippen LogP contribution in [-0.2, 0) is 10.1 Å². The Morgan fingerprint density at radius 1 is 1.45 bits per heavy atom. The van der Waals surface area contributed by atoms with Gasteiger partial charge in [-0.3, -0.25) is 0 Å². The predicted octanol–water partition coefficient (Wildman–Crippen LogP) is -2.15. The maximum Gasteiger partial charge on any atom is 1.00 e. The molecule has 0 bridgehead atoms. The van der Waals surface area contributed by atoms with Crippen molar-refractivity contribution in [1.82, 2.24) is 0 Å². The zero-order valence-corrected chi connectivity index (χ0v) is 11.0. The van der Waals surface area contributed by atoms with Gasteiger partial charge in [-0.05, 0) is 6.42 Å². The standard InChI is InChI=1S/C4H10O3S3.Na/c1-2-3-4(8,9)10(5,6)7;/h8-9H,2-3H2,1H3,(H,5,6,7);/q;+1/p-1. The minimum atomic E-state index is -4.39. The van der Waals surface area contributed by atoms with Crippen molar-refractivity contribution in [2.75, 3.05) is 0 Å². The summed E-state index contributed by atoms with van der Waals surface area (Å²) in [5.74, 6) is 0. The van der Waals surface area contributed by atoms with Crippen molar-refractivity contribution in [2.24, 2.45) is 0 Å². The zero-order chi connectivity index (χ0) is 8.41. The fourth-order valence-electron chi connectivity index (χ4n) is 0.451. The van der Waals surface area contributed by atoms with Crippen LogP contribution in [0.25, 0.3) is 0 Å². The van der Waals surface area contributed by atoms with Crippen LogP contribution in [0.3, 0.4) is 0 Å². The van der Waals surface area contributed by atoms with Gasteiger partial charge in [-0.25, -0.2) is 8.42 Å². The average Bonchev–Trinajstić information content (AvgIpc) is 1.61. The predicted molar refractivity (Wildman–Crippen MR) is 45.3 cm³/mol. The molecule has 7 heteroatoms. The van der Waals surface area contributed by atoms with Gasteiger partial charge in [-0.1, -0.05) is 13.3 Å². The molecule has 0 rings (SSSR count). The van der Waals surface area contributed by atoms with E-state index >= 15 is 0 Å². The summed E-state index contributed by atoms with van der Waals surface area (Å²) in [7, 11) is -4.39. The van der Waals surface area contributed by atoms with E-state index in [2.05, 4.69) is 25.3 Å². The molecule has 0 amide bonds. The first kappa shape index (κ1) is 15.1. The van der Waals surface area contributed by atoms with Gasteiger partial charge in [0.25, 0.3) is 0 Å². The minimum absolute atomic E-state index is 0. The van der Waals surface area contributed by atoms with Gasteiger partial charge < -0.3 is 4.55 Å². The molecule has 0 aromatic carbocycles. The summed E-state index contributed by atoms with van der Waals surface area (Å²) < 4.78 is 29.3. The Morgan fingerprint density at radius 3 is 1.91 bits per heavy atom. The molecule has 0 unspecified atom stereocenters. The Hall–Kier alpha value is 1.61. The molecule has 0 aliphatic heterocycles. The van der Waals surface area contributed by atoms with Crippen molar-refractivity contribution < 1.29 is 42.5 Å². The van der Waals surface area contributed by atoms with Gasteiger partial charge in [0.1, 0.15) is 13.5 Å². The van der Waals surface area contributed by atoms with Crippen molar-refractivity contribution in [3.63, 3.8) is 0 Å². The van der Waals surface area contributed by atoms with E-state index in [-0.39, 0.29) is 36.0 Å². The maximum atomic E-state index is 10.3. The first-order chi connectivity index (χ1) is 4.31. The van der Waals surface area contributed by atoms with Gasteiger partial charge >= 0.3 is 29.6 Å². The molecule has 11 heavy (non-hydrogen) atoms. The number of hydrogen-bond acceptors (Lipinski definition) is 5. The average molecular weight is 224 g/mol. The monoisotopic (exact) mass is 224 g/mol. The van der Waals surface area contributed by atoms with Crippen molar-refractivity contribution in [2.45, 2.75) is 23.2 Å². The molecule has 0 saturated carbocycles. The molecular weight excluding hydrogens is 215 g/mol. The van der Waals surface area contributed by atoms with Crippen molar-refractivity contribution in [3.05, 3.63) is 0 Å². The molecule has 0 aliphatic carbocycles. The molecule has 0 saturated heterocycles.